The molecule has 0 radical (unpaired) electrons. The maximum Gasteiger partial charge on any atom is 0.254 e. The molecule has 1 aliphatic rings. The number of hydrogen-bond acceptors (Lipinski definition) is 2. The summed E-state index contributed by atoms with van der Waals surface area (Å²) in [5, 5.41) is 0.638. The zero-order valence-electron chi connectivity index (χ0n) is 16.2. The van der Waals surface area contributed by atoms with E-state index >= 15 is 0 Å². The fraction of sp³-hybridized carbons (Fsp3) is 0.304. The van der Waals surface area contributed by atoms with Crippen molar-refractivity contribution in [2.75, 3.05) is 0 Å². The summed E-state index contributed by atoms with van der Waals surface area (Å²) in [6, 6.07) is 13.9. The number of amides is 1. The Bertz CT molecular complexity index is 989. The van der Waals surface area contributed by atoms with E-state index < -0.39 is 0 Å². The molecule has 0 bridgehead atoms. The Morgan fingerprint density at radius 3 is 2.64 bits per heavy atom. The van der Waals surface area contributed by atoms with Crippen molar-refractivity contribution in [2.24, 2.45) is 0 Å². The molecule has 1 fully saturated rings. The molecule has 0 atom stereocenters. The van der Waals surface area contributed by atoms with Gasteiger partial charge < -0.3 is 9.47 Å². The van der Waals surface area contributed by atoms with Crippen LogP contribution in [0.25, 0.3) is 0 Å². The van der Waals surface area contributed by atoms with Crippen LogP contribution in [0.15, 0.2) is 54.9 Å². The molecule has 0 spiro atoms. The van der Waals surface area contributed by atoms with Gasteiger partial charge in [-0.1, -0.05) is 35.4 Å². The van der Waals surface area contributed by atoms with Crippen molar-refractivity contribution in [1.82, 2.24) is 14.5 Å². The first-order valence-corrected chi connectivity index (χ1v) is 10.0. The van der Waals surface area contributed by atoms with E-state index in [9.17, 15) is 4.79 Å². The van der Waals surface area contributed by atoms with Crippen LogP contribution in [-0.4, -0.2) is 26.4 Å². The third-order valence-corrected chi connectivity index (χ3v) is 5.55. The van der Waals surface area contributed by atoms with Gasteiger partial charge in [0.2, 0.25) is 0 Å². The minimum atomic E-state index is 0.0421. The Labute approximate surface area is 170 Å². The van der Waals surface area contributed by atoms with Gasteiger partial charge in [-0.15, -0.1) is 0 Å². The van der Waals surface area contributed by atoms with Gasteiger partial charge in [-0.3, -0.25) is 4.79 Å². The minimum Gasteiger partial charge on any atom is -0.329 e. The second-order valence-electron chi connectivity index (χ2n) is 7.57. The summed E-state index contributed by atoms with van der Waals surface area (Å²) >= 11 is 5.97. The topological polar surface area (TPSA) is 38.1 Å². The van der Waals surface area contributed by atoms with Crippen molar-refractivity contribution in [3.05, 3.63) is 88.0 Å². The average Bonchev–Trinajstić information content (AvgIpc) is 3.43. The molecule has 144 valence electrons. The lowest BCUT2D eigenvalue weighted by Crippen LogP contribution is -2.33. The second kappa shape index (κ2) is 7.80. The molecule has 1 saturated carbocycles. The van der Waals surface area contributed by atoms with E-state index in [1.807, 2.05) is 17.3 Å². The molecular formula is C23H24ClN3O. The number of carbonyl (C=O) groups excluding carboxylic acids is 1. The molecular weight excluding hydrogens is 370 g/mol. The summed E-state index contributed by atoms with van der Waals surface area (Å²) in [5.41, 5.74) is 4.46. The Hall–Kier alpha value is -2.59. The van der Waals surface area contributed by atoms with Crippen molar-refractivity contribution >= 4 is 17.5 Å². The van der Waals surface area contributed by atoms with Gasteiger partial charge in [-0.2, -0.15) is 0 Å². The van der Waals surface area contributed by atoms with E-state index in [0.717, 1.165) is 25.2 Å². The van der Waals surface area contributed by atoms with Crippen LogP contribution in [-0.2, 0) is 13.1 Å². The van der Waals surface area contributed by atoms with Crippen molar-refractivity contribution in [3.8, 4) is 0 Å². The van der Waals surface area contributed by atoms with Gasteiger partial charge in [-0.05, 0) is 62.1 Å². The van der Waals surface area contributed by atoms with E-state index in [2.05, 4.69) is 41.6 Å². The van der Waals surface area contributed by atoms with Gasteiger partial charge in [0.15, 0.2) is 0 Å². The van der Waals surface area contributed by atoms with E-state index in [1.165, 1.54) is 16.7 Å². The van der Waals surface area contributed by atoms with Crippen molar-refractivity contribution in [1.29, 1.82) is 0 Å². The number of nitrogens with zero attached hydrogens (tertiary/aromatic N) is 3. The summed E-state index contributed by atoms with van der Waals surface area (Å²) in [6.45, 7) is 5.52. The minimum absolute atomic E-state index is 0.0421. The highest BCUT2D eigenvalue weighted by Crippen LogP contribution is 2.30. The fourth-order valence-corrected chi connectivity index (χ4v) is 3.58. The van der Waals surface area contributed by atoms with Gasteiger partial charge in [0, 0.05) is 35.6 Å². The SMILES string of the molecule is Cc1ccc(C)c(Cn2ccnc2CN(C(=O)c2ccc(Cl)cc2)C2CC2)c1. The van der Waals surface area contributed by atoms with Crippen LogP contribution in [0.4, 0.5) is 0 Å². The van der Waals surface area contributed by atoms with Crippen molar-refractivity contribution in [2.45, 2.75) is 45.8 Å². The van der Waals surface area contributed by atoms with Gasteiger partial charge in [0.25, 0.3) is 5.91 Å². The summed E-state index contributed by atoms with van der Waals surface area (Å²) in [7, 11) is 0. The molecule has 5 heteroatoms. The van der Waals surface area contributed by atoms with Crippen LogP contribution < -0.4 is 0 Å². The zero-order chi connectivity index (χ0) is 19.7. The van der Waals surface area contributed by atoms with Gasteiger partial charge in [0.05, 0.1) is 6.54 Å². The molecule has 0 aliphatic heterocycles. The highest BCUT2D eigenvalue weighted by Gasteiger charge is 2.33. The van der Waals surface area contributed by atoms with E-state index in [0.29, 0.717) is 23.2 Å². The summed E-state index contributed by atoms with van der Waals surface area (Å²) in [5.74, 6) is 0.954. The smallest absolute Gasteiger partial charge is 0.254 e. The maximum absolute atomic E-state index is 13.1. The predicted molar refractivity (Wildman–Crippen MR) is 112 cm³/mol. The molecule has 1 amide bonds. The average molecular weight is 394 g/mol. The molecule has 0 N–H and O–H groups in total. The third kappa shape index (κ3) is 4.12. The van der Waals surface area contributed by atoms with Crippen LogP contribution >= 0.6 is 11.6 Å². The first kappa shape index (κ1) is 18.8. The standard InChI is InChI=1S/C23H24ClN3O/c1-16-3-4-17(2)19(13-16)14-26-12-11-25-22(26)15-27(21-9-10-21)23(28)18-5-7-20(24)8-6-18/h3-8,11-13,21H,9-10,14-15H2,1-2H3. The van der Waals surface area contributed by atoms with Crippen LogP contribution in [0.2, 0.25) is 5.02 Å². The van der Waals surface area contributed by atoms with Gasteiger partial charge in [0.1, 0.15) is 5.82 Å². The number of halogens is 1. The van der Waals surface area contributed by atoms with Crippen LogP contribution in [0, 0.1) is 13.8 Å². The Balaban J connectivity index is 1.56. The predicted octanol–water partition coefficient (Wildman–Crippen LogP) is 5.01. The Morgan fingerprint density at radius 2 is 1.93 bits per heavy atom. The normalized spacial score (nSPS) is 13.5. The number of imidazole rings is 1. The van der Waals surface area contributed by atoms with Crippen LogP contribution in [0.5, 0.6) is 0 Å². The lowest BCUT2D eigenvalue weighted by Gasteiger charge is -2.23. The molecule has 3 aromatic rings. The molecule has 1 aliphatic carbocycles. The molecule has 4 rings (SSSR count). The summed E-state index contributed by atoms with van der Waals surface area (Å²) in [6.07, 6.45) is 5.92. The summed E-state index contributed by atoms with van der Waals surface area (Å²) in [4.78, 5) is 19.6. The Morgan fingerprint density at radius 1 is 1.18 bits per heavy atom. The van der Waals surface area contributed by atoms with Crippen LogP contribution in [0.3, 0.4) is 0 Å². The lowest BCUT2D eigenvalue weighted by molar-refractivity contribution is 0.0723. The van der Waals surface area contributed by atoms with E-state index in [-0.39, 0.29) is 5.91 Å². The number of aryl methyl sites for hydroxylation is 2. The molecule has 0 saturated heterocycles. The van der Waals surface area contributed by atoms with Crippen molar-refractivity contribution in [3.63, 3.8) is 0 Å². The molecule has 0 unspecified atom stereocenters. The lowest BCUT2D eigenvalue weighted by atomic mass is 10.1. The van der Waals surface area contributed by atoms with Crippen molar-refractivity contribution < 1.29 is 4.79 Å². The number of hydrogen-bond donors (Lipinski definition) is 0. The first-order chi connectivity index (χ1) is 13.5. The molecule has 1 heterocycles. The number of benzene rings is 2. The number of rotatable bonds is 6. The first-order valence-electron chi connectivity index (χ1n) is 9.64. The maximum atomic E-state index is 13.1. The quantitative estimate of drug-likeness (QED) is 0.590. The van der Waals surface area contributed by atoms with Gasteiger partial charge >= 0.3 is 0 Å². The molecule has 4 nitrogen and oxygen atoms in total. The van der Waals surface area contributed by atoms with Crippen LogP contribution in [0.1, 0.15) is 45.7 Å². The van der Waals surface area contributed by atoms with E-state index in [4.69, 9.17) is 11.6 Å². The largest absolute Gasteiger partial charge is 0.329 e. The highest BCUT2D eigenvalue weighted by molar-refractivity contribution is 6.30. The molecule has 1 aromatic heterocycles. The summed E-state index contributed by atoms with van der Waals surface area (Å²) < 4.78 is 2.15. The third-order valence-electron chi connectivity index (χ3n) is 5.30. The monoisotopic (exact) mass is 393 g/mol. The van der Waals surface area contributed by atoms with E-state index in [1.54, 1.807) is 24.3 Å². The van der Waals surface area contributed by atoms with Gasteiger partial charge in [-0.25, -0.2) is 4.98 Å². The fourth-order valence-electron chi connectivity index (χ4n) is 3.45. The Kier molecular flexibility index (Phi) is 5.23. The molecule has 2 aromatic carbocycles. The molecule has 28 heavy (non-hydrogen) atoms. The highest BCUT2D eigenvalue weighted by atomic mass is 35.5. The number of aromatic nitrogens is 2. The number of carbonyl (C=O) groups is 1. The zero-order valence-corrected chi connectivity index (χ0v) is 17.0. The second-order valence-corrected chi connectivity index (χ2v) is 8.01.